The van der Waals surface area contributed by atoms with Crippen LogP contribution in [0.2, 0.25) is 0 Å². The zero-order valence-electron chi connectivity index (χ0n) is 11.8. The van der Waals surface area contributed by atoms with Crippen molar-refractivity contribution in [3.05, 3.63) is 59.9 Å². The van der Waals surface area contributed by atoms with Gasteiger partial charge in [-0.1, -0.05) is 6.92 Å². The molecule has 3 aromatic rings. The minimum Gasteiger partial charge on any atom is -0.341 e. The van der Waals surface area contributed by atoms with Crippen LogP contribution in [0.15, 0.2) is 48.5 Å². The van der Waals surface area contributed by atoms with Gasteiger partial charge in [0.2, 0.25) is 0 Å². The van der Waals surface area contributed by atoms with Gasteiger partial charge in [-0.25, -0.2) is 4.39 Å². The summed E-state index contributed by atoms with van der Waals surface area (Å²) >= 11 is 0. The highest BCUT2D eigenvalue weighted by molar-refractivity contribution is 5.88. The number of hydrogen-bond acceptors (Lipinski definition) is 1. The van der Waals surface area contributed by atoms with Gasteiger partial charge in [0.15, 0.2) is 0 Å². The third-order valence-electron chi connectivity index (χ3n) is 3.62. The first-order valence-corrected chi connectivity index (χ1v) is 7.02. The van der Waals surface area contributed by atoms with Crippen molar-refractivity contribution in [2.45, 2.75) is 19.9 Å². The second-order valence-corrected chi connectivity index (χ2v) is 5.07. The van der Waals surface area contributed by atoms with Crippen molar-refractivity contribution in [3.8, 4) is 17.3 Å². The number of nitriles is 1. The van der Waals surface area contributed by atoms with Crippen molar-refractivity contribution in [1.82, 2.24) is 4.57 Å². The highest BCUT2D eigenvalue weighted by Crippen LogP contribution is 2.29. The quantitative estimate of drug-likeness (QED) is 0.681. The Bertz CT molecular complexity index is 823. The van der Waals surface area contributed by atoms with Gasteiger partial charge in [0, 0.05) is 23.1 Å². The highest BCUT2D eigenvalue weighted by Gasteiger charge is 2.10. The standard InChI is InChI=1S/C18H15FN2/c1-2-9-21-17-8-3-13(12-20)10-15(17)11-18(21)14-4-6-16(19)7-5-14/h3-8,10-11H,2,9H2,1H3. The van der Waals surface area contributed by atoms with Gasteiger partial charge in [-0.2, -0.15) is 5.26 Å². The summed E-state index contributed by atoms with van der Waals surface area (Å²) in [6.45, 7) is 3.02. The number of fused-ring (bicyclic) bond motifs is 1. The van der Waals surface area contributed by atoms with E-state index < -0.39 is 0 Å². The highest BCUT2D eigenvalue weighted by atomic mass is 19.1. The van der Waals surface area contributed by atoms with Gasteiger partial charge in [0.25, 0.3) is 0 Å². The van der Waals surface area contributed by atoms with E-state index in [0.29, 0.717) is 5.56 Å². The number of aryl methyl sites for hydroxylation is 1. The molecule has 0 aliphatic carbocycles. The van der Waals surface area contributed by atoms with E-state index in [4.69, 9.17) is 5.26 Å². The number of rotatable bonds is 3. The Balaban J connectivity index is 2.23. The van der Waals surface area contributed by atoms with Crippen molar-refractivity contribution in [3.63, 3.8) is 0 Å². The molecule has 2 nitrogen and oxygen atoms in total. The van der Waals surface area contributed by atoms with Gasteiger partial charge in [-0.3, -0.25) is 0 Å². The van der Waals surface area contributed by atoms with Crippen LogP contribution in [0.25, 0.3) is 22.2 Å². The molecule has 0 aliphatic heterocycles. The summed E-state index contributed by atoms with van der Waals surface area (Å²) in [5.41, 5.74) is 3.80. The van der Waals surface area contributed by atoms with Gasteiger partial charge < -0.3 is 4.57 Å². The first-order chi connectivity index (χ1) is 10.2. The molecule has 1 heterocycles. The zero-order valence-corrected chi connectivity index (χ0v) is 11.8. The molecule has 3 rings (SSSR count). The average molecular weight is 278 g/mol. The Labute approximate surface area is 123 Å². The average Bonchev–Trinajstić information content (AvgIpc) is 2.86. The molecule has 0 radical (unpaired) electrons. The summed E-state index contributed by atoms with van der Waals surface area (Å²) in [7, 11) is 0. The first kappa shape index (κ1) is 13.4. The second-order valence-electron chi connectivity index (χ2n) is 5.07. The van der Waals surface area contributed by atoms with E-state index in [1.165, 1.54) is 12.1 Å². The van der Waals surface area contributed by atoms with Crippen molar-refractivity contribution >= 4 is 10.9 Å². The zero-order chi connectivity index (χ0) is 14.8. The smallest absolute Gasteiger partial charge is 0.123 e. The summed E-state index contributed by atoms with van der Waals surface area (Å²) in [6.07, 6.45) is 1.01. The molecular formula is C18H15FN2. The normalized spacial score (nSPS) is 10.7. The van der Waals surface area contributed by atoms with Gasteiger partial charge in [0.05, 0.1) is 11.6 Å². The number of halogens is 1. The molecule has 21 heavy (non-hydrogen) atoms. The Kier molecular flexibility index (Phi) is 3.45. The predicted octanol–water partition coefficient (Wildman–Crippen LogP) is 4.73. The number of benzene rings is 2. The SMILES string of the molecule is CCCn1c(-c2ccc(F)cc2)cc2cc(C#N)ccc21. The maximum absolute atomic E-state index is 13.1. The molecular weight excluding hydrogens is 263 g/mol. The summed E-state index contributed by atoms with van der Waals surface area (Å²) in [5, 5.41) is 10.1. The molecule has 0 aliphatic rings. The van der Waals surface area contributed by atoms with Gasteiger partial charge in [-0.05, 0) is 60.5 Å². The van der Waals surface area contributed by atoms with Crippen LogP contribution in [0.1, 0.15) is 18.9 Å². The van der Waals surface area contributed by atoms with Crippen LogP contribution in [0, 0.1) is 17.1 Å². The largest absolute Gasteiger partial charge is 0.341 e. The molecule has 0 saturated carbocycles. The maximum atomic E-state index is 13.1. The molecule has 0 unspecified atom stereocenters. The monoisotopic (exact) mass is 278 g/mol. The fourth-order valence-corrected chi connectivity index (χ4v) is 2.66. The Morgan fingerprint density at radius 3 is 2.52 bits per heavy atom. The summed E-state index contributed by atoms with van der Waals surface area (Å²) in [5.74, 6) is -0.233. The maximum Gasteiger partial charge on any atom is 0.123 e. The van der Waals surface area contributed by atoms with Crippen molar-refractivity contribution < 1.29 is 4.39 Å². The van der Waals surface area contributed by atoms with Crippen LogP contribution in [0.5, 0.6) is 0 Å². The topological polar surface area (TPSA) is 28.7 Å². The number of nitrogens with zero attached hydrogens (tertiary/aromatic N) is 2. The molecule has 0 bridgehead atoms. The van der Waals surface area contributed by atoms with E-state index in [1.54, 1.807) is 12.1 Å². The van der Waals surface area contributed by atoms with Gasteiger partial charge >= 0.3 is 0 Å². The Hall–Kier alpha value is -2.60. The molecule has 3 heteroatoms. The van der Waals surface area contributed by atoms with E-state index in [-0.39, 0.29) is 5.82 Å². The van der Waals surface area contributed by atoms with Crippen LogP contribution >= 0.6 is 0 Å². The summed E-state index contributed by atoms with van der Waals surface area (Å²) in [6, 6.07) is 16.5. The lowest BCUT2D eigenvalue weighted by Gasteiger charge is -2.09. The number of aromatic nitrogens is 1. The fourth-order valence-electron chi connectivity index (χ4n) is 2.66. The van der Waals surface area contributed by atoms with Crippen molar-refractivity contribution in [2.24, 2.45) is 0 Å². The van der Waals surface area contributed by atoms with Crippen LogP contribution < -0.4 is 0 Å². The van der Waals surface area contributed by atoms with E-state index >= 15 is 0 Å². The van der Waals surface area contributed by atoms with E-state index in [9.17, 15) is 4.39 Å². The van der Waals surface area contributed by atoms with E-state index in [2.05, 4.69) is 23.6 Å². The van der Waals surface area contributed by atoms with Gasteiger partial charge in [0.1, 0.15) is 5.82 Å². The first-order valence-electron chi connectivity index (χ1n) is 7.02. The number of hydrogen-bond donors (Lipinski definition) is 0. The lowest BCUT2D eigenvalue weighted by Crippen LogP contribution is -1.98. The van der Waals surface area contributed by atoms with Crippen LogP contribution in [0.4, 0.5) is 4.39 Å². The van der Waals surface area contributed by atoms with Crippen LogP contribution in [-0.4, -0.2) is 4.57 Å². The molecule has 0 N–H and O–H groups in total. The van der Waals surface area contributed by atoms with Crippen molar-refractivity contribution in [1.29, 1.82) is 5.26 Å². The molecule has 0 fully saturated rings. The fraction of sp³-hybridized carbons (Fsp3) is 0.167. The minimum absolute atomic E-state index is 0.233. The molecule has 0 spiro atoms. The van der Waals surface area contributed by atoms with Crippen LogP contribution in [0.3, 0.4) is 0 Å². The van der Waals surface area contributed by atoms with Gasteiger partial charge in [-0.15, -0.1) is 0 Å². The van der Waals surface area contributed by atoms with Crippen molar-refractivity contribution in [2.75, 3.05) is 0 Å². The second kappa shape index (κ2) is 5.41. The lowest BCUT2D eigenvalue weighted by molar-refractivity contribution is 0.628. The van der Waals surface area contributed by atoms with Crippen LogP contribution in [-0.2, 0) is 6.54 Å². The third-order valence-corrected chi connectivity index (χ3v) is 3.62. The molecule has 0 atom stereocenters. The minimum atomic E-state index is -0.233. The van der Waals surface area contributed by atoms with E-state index in [1.807, 2.05) is 18.2 Å². The lowest BCUT2D eigenvalue weighted by atomic mass is 10.1. The Morgan fingerprint density at radius 2 is 1.86 bits per heavy atom. The third kappa shape index (κ3) is 2.41. The molecule has 104 valence electrons. The predicted molar refractivity (Wildman–Crippen MR) is 82.3 cm³/mol. The molecule has 2 aromatic carbocycles. The molecule has 1 aromatic heterocycles. The molecule has 0 saturated heterocycles. The summed E-state index contributed by atoms with van der Waals surface area (Å²) < 4.78 is 15.3. The summed E-state index contributed by atoms with van der Waals surface area (Å²) in [4.78, 5) is 0. The molecule has 0 amide bonds. The Morgan fingerprint density at radius 1 is 1.10 bits per heavy atom. The van der Waals surface area contributed by atoms with E-state index in [0.717, 1.165) is 35.1 Å².